The first-order chi connectivity index (χ1) is 10.5. The third-order valence-electron chi connectivity index (χ3n) is 3.32. The first kappa shape index (κ1) is 19.4. The number of carboxylic acid groups (broad SMARTS) is 2. The smallest absolute Gasteiger partial charge is 0.362 e. The third kappa shape index (κ3) is 5.82. The molecule has 0 fully saturated rings. The number of H-pyrrole nitrogens is 1. The number of likely N-dealkylation sites (N-methyl/N-ethyl adjacent to an activating group) is 1. The molecule has 3 atom stereocenters. The number of nitrogens with one attached hydrogen (secondary N) is 1. The monoisotopic (exact) mass is 346 g/mol. The fourth-order valence-electron chi connectivity index (χ4n) is 1.84. The van der Waals surface area contributed by atoms with Gasteiger partial charge in [0.25, 0.3) is 0 Å². The summed E-state index contributed by atoms with van der Waals surface area (Å²) in [5.41, 5.74) is 5.90. The summed E-state index contributed by atoms with van der Waals surface area (Å²) in [6.07, 6.45) is 0.531. The van der Waals surface area contributed by atoms with E-state index in [0.717, 1.165) is 11.8 Å². The van der Waals surface area contributed by atoms with E-state index in [1.54, 1.807) is 21.1 Å². The molecular formula is C13H22N4O5S. The quantitative estimate of drug-likeness (QED) is 0.286. The SMILES string of the molecule is C[N+](C)(C)C(Cc1cnc(SCC(O)C(N)C(=O)[O-])[nH]1)C(=O)O. The van der Waals surface area contributed by atoms with Crippen molar-refractivity contribution in [1.29, 1.82) is 0 Å². The van der Waals surface area contributed by atoms with Gasteiger partial charge in [-0.25, -0.2) is 9.78 Å². The average molecular weight is 346 g/mol. The molecule has 1 aromatic rings. The Bertz CT molecular complexity index is 557. The molecule has 0 aliphatic rings. The predicted molar refractivity (Wildman–Crippen MR) is 81.5 cm³/mol. The number of hydrogen-bond donors (Lipinski definition) is 4. The lowest BCUT2D eigenvalue weighted by atomic mass is 10.1. The molecule has 5 N–H and O–H groups in total. The number of carbonyl (C=O) groups is 2. The average Bonchev–Trinajstić information content (AvgIpc) is 2.87. The van der Waals surface area contributed by atoms with E-state index in [4.69, 9.17) is 5.73 Å². The number of hydrogen-bond acceptors (Lipinski definition) is 7. The minimum atomic E-state index is -1.52. The minimum Gasteiger partial charge on any atom is -0.548 e. The Balaban J connectivity index is 2.64. The molecule has 1 aromatic heterocycles. The number of aliphatic hydroxyl groups is 1. The van der Waals surface area contributed by atoms with Crippen LogP contribution < -0.4 is 10.8 Å². The first-order valence-electron chi connectivity index (χ1n) is 6.87. The number of aliphatic hydroxyl groups excluding tert-OH is 1. The van der Waals surface area contributed by atoms with E-state index >= 15 is 0 Å². The van der Waals surface area contributed by atoms with Crippen LogP contribution in [-0.2, 0) is 16.0 Å². The van der Waals surface area contributed by atoms with Crippen molar-refractivity contribution in [2.24, 2.45) is 5.73 Å². The van der Waals surface area contributed by atoms with Gasteiger partial charge in [0.05, 0.1) is 45.7 Å². The molecule has 0 amide bonds. The number of quaternary nitrogens is 1. The van der Waals surface area contributed by atoms with Crippen molar-refractivity contribution >= 4 is 23.7 Å². The van der Waals surface area contributed by atoms with Crippen LogP contribution in [0.1, 0.15) is 5.69 Å². The summed E-state index contributed by atoms with van der Waals surface area (Å²) in [5.74, 6) is -2.40. The van der Waals surface area contributed by atoms with Crippen LogP contribution in [0.15, 0.2) is 11.4 Å². The second-order valence-electron chi connectivity index (χ2n) is 6.11. The van der Waals surface area contributed by atoms with Gasteiger partial charge in [-0.3, -0.25) is 0 Å². The molecule has 1 rings (SSSR count). The van der Waals surface area contributed by atoms with Crippen LogP contribution in [0.3, 0.4) is 0 Å². The maximum absolute atomic E-state index is 11.3. The van der Waals surface area contributed by atoms with Crippen molar-refractivity contribution in [3.8, 4) is 0 Å². The van der Waals surface area contributed by atoms with E-state index in [1.165, 1.54) is 6.20 Å². The lowest BCUT2D eigenvalue weighted by Crippen LogP contribution is -2.51. The van der Waals surface area contributed by atoms with Crippen LogP contribution in [0.4, 0.5) is 0 Å². The van der Waals surface area contributed by atoms with E-state index in [9.17, 15) is 24.9 Å². The van der Waals surface area contributed by atoms with Crippen molar-refractivity contribution in [1.82, 2.24) is 9.97 Å². The molecule has 0 saturated heterocycles. The molecule has 9 nitrogen and oxygen atoms in total. The first-order valence-corrected chi connectivity index (χ1v) is 7.86. The van der Waals surface area contributed by atoms with Crippen molar-refractivity contribution in [3.63, 3.8) is 0 Å². The number of thioether (sulfide) groups is 1. The van der Waals surface area contributed by atoms with Crippen LogP contribution >= 0.6 is 11.8 Å². The van der Waals surface area contributed by atoms with Crippen molar-refractivity contribution in [2.45, 2.75) is 29.8 Å². The zero-order valence-electron chi connectivity index (χ0n) is 13.2. The normalized spacial score (nSPS) is 15.9. The van der Waals surface area contributed by atoms with E-state index < -0.39 is 30.1 Å². The highest BCUT2D eigenvalue weighted by atomic mass is 32.2. The fraction of sp³-hybridized carbons (Fsp3) is 0.615. The Morgan fingerprint density at radius 2 is 2.09 bits per heavy atom. The lowest BCUT2D eigenvalue weighted by molar-refractivity contribution is -0.887. The van der Waals surface area contributed by atoms with Crippen molar-refractivity contribution < 1.29 is 29.4 Å². The van der Waals surface area contributed by atoms with Gasteiger partial charge in [-0.05, 0) is 0 Å². The second-order valence-corrected chi connectivity index (χ2v) is 7.12. The number of rotatable bonds is 9. The van der Waals surface area contributed by atoms with Crippen LogP contribution in [0, 0.1) is 0 Å². The molecule has 0 aliphatic heterocycles. The number of aromatic amines is 1. The molecule has 10 heteroatoms. The van der Waals surface area contributed by atoms with Gasteiger partial charge in [-0.15, -0.1) is 0 Å². The van der Waals surface area contributed by atoms with Gasteiger partial charge in [0, 0.05) is 17.6 Å². The zero-order chi connectivity index (χ0) is 17.8. The molecule has 3 unspecified atom stereocenters. The van der Waals surface area contributed by atoms with Crippen molar-refractivity contribution in [2.75, 3.05) is 26.9 Å². The van der Waals surface area contributed by atoms with Gasteiger partial charge in [0.15, 0.2) is 11.2 Å². The van der Waals surface area contributed by atoms with Gasteiger partial charge < -0.3 is 35.3 Å². The summed E-state index contributed by atoms with van der Waals surface area (Å²) in [5, 5.41) is 29.9. The van der Waals surface area contributed by atoms with Crippen molar-refractivity contribution in [3.05, 3.63) is 11.9 Å². The standard InChI is InChI=1S/C13H22N4O5S/c1-17(2,3)8(11(19)20)4-7-5-15-13(16-7)23-6-9(18)10(14)12(21)22/h5,8-10,18H,4,6,14H2,1-3H3,(H2-,15,16,19,20,21,22). The zero-order valence-corrected chi connectivity index (χ0v) is 14.0. The van der Waals surface area contributed by atoms with Crippen LogP contribution in [0.2, 0.25) is 0 Å². The largest absolute Gasteiger partial charge is 0.548 e. The molecule has 0 saturated carbocycles. The highest BCUT2D eigenvalue weighted by molar-refractivity contribution is 7.99. The van der Waals surface area contributed by atoms with Crippen LogP contribution in [0.25, 0.3) is 0 Å². The highest BCUT2D eigenvalue weighted by Gasteiger charge is 2.32. The predicted octanol–water partition coefficient (Wildman–Crippen LogP) is -2.36. The van der Waals surface area contributed by atoms with Crippen LogP contribution in [-0.4, -0.2) is 81.7 Å². The highest BCUT2D eigenvalue weighted by Crippen LogP contribution is 2.18. The van der Waals surface area contributed by atoms with Gasteiger partial charge in [-0.1, -0.05) is 11.8 Å². The molecular weight excluding hydrogens is 324 g/mol. The topological polar surface area (TPSA) is 152 Å². The molecule has 1 heterocycles. The summed E-state index contributed by atoms with van der Waals surface area (Å²) in [6, 6.07) is -2.10. The number of carboxylic acids is 2. The Labute approximate surface area is 138 Å². The van der Waals surface area contributed by atoms with Gasteiger partial charge >= 0.3 is 5.97 Å². The molecule has 0 aliphatic carbocycles. The number of imidazole rings is 1. The summed E-state index contributed by atoms with van der Waals surface area (Å²) < 4.78 is 0.260. The number of aliphatic carboxylic acids is 2. The molecule has 0 radical (unpaired) electrons. The van der Waals surface area contributed by atoms with Crippen LogP contribution in [0.5, 0.6) is 0 Å². The summed E-state index contributed by atoms with van der Waals surface area (Å²) in [6.45, 7) is 0. The van der Waals surface area contributed by atoms with E-state index in [-0.39, 0.29) is 16.7 Å². The Morgan fingerprint density at radius 3 is 2.57 bits per heavy atom. The maximum Gasteiger partial charge on any atom is 0.362 e. The van der Waals surface area contributed by atoms with Gasteiger partial charge in [-0.2, -0.15) is 0 Å². The third-order valence-corrected chi connectivity index (χ3v) is 4.31. The Morgan fingerprint density at radius 1 is 1.48 bits per heavy atom. The number of carbonyl (C=O) groups excluding carboxylic acids is 1. The second kappa shape index (κ2) is 7.77. The number of aromatic nitrogens is 2. The number of nitrogens with two attached hydrogens (primary N) is 1. The number of nitrogens with zero attached hydrogens (tertiary/aromatic N) is 2. The molecule has 130 valence electrons. The molecule has 0 aromatic carbocycles. The molecule has 23 heavy (non-hydrogen) atoms. The van der Waals surface area contributed by atoms with E-state index in [2.05, 4.69) is 9.97 Å². The van der Waals surface area contributed by atoms with Gasteiger partial charge in [0.1, 0.15) is 0 Å². The fourth-order valence-corrected chi connectivity index (χ4v) is 2.71. The summed E-state index contributed by atoms with van der Waals surface area (Å²) in [7, 11) is 5.38. The Hall–Kier alpha value is -1.62. The molecule has 0 spiro atoms. The lowest BCUT2D eigenvalue weighted by Gasteiger charge is -2.30. The molecule has 0 bridgehead atoms. The summed E-state index contributed by atoms with van der Waals surface area (Å²) in [4.78, 5) is 28.9. The van der Waals surface area contributed by atoms with E-state index in [1.807, 2.05) is 0 Å². The van der Waals surface area contributed by atoms with E-state index in [0.29, 0.717) is 10.9 Å². The Kier molecular flexibility index (Phi) is 6.57. The minimum absolute atomic E-state index is 0.0276. The van der Waals surface area contributed by atoms with Gasteiger partial charge in [0.2, 0.25) is 0 Å². The maximum atomic E-state index is 11.3. The summed E-state index contributed by atoms with van der Waals surface area (Å²) >= 11 is 1.10.